The lowest BCUT2D eigenvalue weighted by atomic mass is 10.1. The van der Waals surface area contributed by atoms with E-state index in [4.69, 9.17) is 19.3 Å². The zero-order chi connectivity index (χ0) is 15.6. The van der Waals surface area contributed by atoms with Crippen molar-refractivity contribution in [1.82, 2.24) is 0 Å². The summed E-state index contributed by atoms with van der Waals surface area (Å²) in [5.41, 5.74) is 2.05. The Bertz CT molecular complexity index is 604. The molecular weight excluding hydrogens is 363 g/mol. The van der Waals surface area contributed by atoms with Crippen LogP contribution in [0, 0.1) is 0 Å². The van der Waals surface area contributed by atoms with Crippen molar-refractivity contribution in [3.63, 3.8) is 0 Å². The van der Waals surface area contributed by atoms with Crippen molar-refractivity contribution in [2.24, 2.45) is 0 Å². The van der Waals surface area contributed by atoms with Gasteiger partial charge in [-0.05, 0) is 18.2 Å². The minimum absolute atomic E-state index is 0.379. The molecule has 0 radical (unpaired) electrons. The molecule has 0 amide bonds. The van der Waals surface area contributed by atoms with Crippen LogP contribution in [-0.4, -0.2) is 36.5 Å². The minimum atomic E-state index is -4.22. The number of hydrogen-bond donors (Lipinski definition) is 4. The molecule has 1 aromatic carbocycles. The van der Waals surface area contributed by atoms with Crippen LogP contribution in [0.2, 0.25) is 0 Å². The standard InChI is InChI=1S/C12H16BrN2O5P/c1-19-11-12(20-2)15-10-7(3-4-21(16,17)18)5-8(13)6-9(10)14-11/h3-6,11-12,14-15H,1-2H3,(H2,16,17,18). The van der Waals surface area contributed by atoms with Crippen molar-refractivity contribution in [3.8, 4) is 0 Å². The number of anilines is 2. The normalized spacial score (nSPS) is 21.8. The zero-order valence-corrected chi connectivity index (χ0v) is 13.9. The first-order valence-electron chi connectivity index (χ1n) is 6.01. The second-order valence-corrected chi connectivity index (χ2v) is 6.82. The Kier molecular flexibility index (Phi) is 5.08. The van der Waals surface area contributed by atoms with E-state index in [1.165, 1.54) is 6.08 Å². The molecule has 0 saturated heterocycles. The Labute approximate surface area is 130 Å². The van der Waals surface area contributed by atoms with E-state index < -0.39 is 13.8 Å². The van der Waals surface area contributed by atoms with E-state index in [1.807, 2.05) is 6.07 Å². The maximum absolute atomic E-state index is 11.0. The van der Waals surface area contributed by atoms with Crippen molar-refractivity contribution < 1.29 is 23.8 Å². The fourth-order valence-electron chi connectivity index (χ4n) is 2.02. The van der Waals surface area contributed by atoms with Crippen LogP contribution in [0.25, 0.3) is 6.08 Å². The lowest BCUT2D eigenvalue weighted by molar-refractivity contribution is -0.00798. The predicted octanol–water partition coefficient (Wildman–Crippen LogP) is 2.38. The molecule has 1 aliphatic rings. The SMILES string of the molecule is COC1Nc2cc(Br)cc(C=CP(=O)(O)O)c2NC1OC. The van der Waals surface area contributed by atoms with Crippen LogP contribution in [0.1, 0.15) is 5.56 Å². The molecule has 0 aromatic heterocycles. The summed E-state index contributed by atoms with van der Waals surface area (Å²) in [6.07, 6.45) is 0.570. The Balaban J connectivity index is 2.43. The van der Waals surface area contributed by atoms with Crippen molar-refractivity contribution in [2.45, 2.75) is 12.5 Å². The number of ether oxygens (including phenoxy) is 2. The molecule has 116 valence electrons. The van der Waals surface area contributed by atoms with Crippen molar-refractivity contribution in [3.05, 3.63) is 28.0 Å². The largest absolute Gasteiger partial charge is 0.357 e. The van der Waals surface area contributed by atoms with Gasteiger partial charge in [-0.2, -0.15) is 0 Å². The van der Waals surface area contributed by atoms with Gasteiger partial charge in [0.05, 0.1) is 11.4 Å². The van der Waals surface area contributed by atoms with E-state index in [-0.39, 0.29) is 6.23 Å². The topological polar surface area (TPSA) is 100 Å². The summed E-state index contributed by atoms with van der Waals surface area (Å²) in [5, 5.41) is 6.30. The molecule has 0 aliphatic carbocycles. The first-order chi connectivity index (χ1) is 9.84. The summed E-state index contributed by atoms with van der Waals surface area (Å²) in [5.74, 6) is 0.862. The van der Waals surface area contributed by atoms with Gasteiger partial charge in [-0.1, -0.05) is 15.9 Å². The smallest absolute Gasteiger partial charge is 0.349 e. The second kappa shape index (κ2) is 6.48. The molecule has 0 spiro atoms. The Hall–Kier alpha value is -0.890. The molecule has 4 N–H and O–H groups in total. The van der Waals surface area contributed by atoms with Gasteiger partial charge in [-0.15, -0.1) is 0 Å². The van der Waals surface area contributed by atoms with Gasteiger partial charge < -0.3 is 29.9 Å². The number of nitrogens with one attached hydrogen (secondary N) is 2. The molecule has 0 bridgehead atoms. The van der Waals surface area contributed by atoms with Crippen LogP contribution >= 0.6 is 23.5 Å². The molecule has 7 nitrogen and oxygen atoms in total. The Morgan fingerprint density at radius 1 is 1.24 bits per heavy atom. The lowest BCUT2D eigenvalue weighted by Gasteiger charge is -2.35. The molecule has 1 aliphatic heterocycles. The third-order valence-electron chi connectivity index (χ3n) is 2.95. The highest BCUT2D eigenvalue weighted by molar-refractivity contribution is 9.10. The van der Waals surface area contributed by atoms with Gasteiger partial charge in [0, 0.05) is 30.1 Å². The quantitative estimate of drug-likeness (QED) is 0.596. The van der Waals surface area contributed by atoms with Crippen LogP contribution < -0.4 is 10.6 Å². The van der Waals surface area contributed by atoms with Crippen molar-refractivity contribution in [2.75, 3.05) is 24.9 Å². The van der Waals surface area contributed by atoms with E-state index in [2.05, 4.69) is 26.6 Å². The van der Waals surface area contributed by atoms with Crippen LogP contribution in [0.3, 0.4) is 0 Å². The van der Waals surface area contributed by atoms with Gasteiger partial charge in [-0.3, -0.25) is 4.57 Å². The Morgan fingerprint density at radius 3 is 2.43 bits per heavy atom. The molecule has 0 saturated carbocycles. The molecule has 0 fully saturated rings. The number of hydrogen-bond acceptors (Lipinski definition) is 5. The number of fused-ring (bicyclic) bond motifs is 1. The summed E-state index contributed by atoms with van der Waals surface area (Å²) in [6.45, 7) is 0. The fraction of sp³-hybridized carbons (Fsp3) is 0.333. The molecule has 2 unspecified atom stereocenters. The summed E-state index contributed by atoms with van der Waals surface area (Å²) in [4.78, 5) is 17.9. The number of halogens is 1. The average Bonchev–Trinajstić information content (AvgIpc) is 2.42. The van der Waals surface area contributed by atoms with Gasteiger partial charge in [0.1, 0.15) is 0 Å². The third kappa shape index (κ3) is 4.06. The molecule has 1 aromatic rings. The maximum atomic E-state index is 11.0. The van der Waals surface area contributed by atoms with E-state index in [9.17, 15) is 4.57 Å². The van der Waals surface area contributed by atoms with Crippen LogP contribution in [-0.2, 0) is 14.0 Å². The fourth-order valence-corrected chi connectivity index (χ4v) is 2.85. The summed E-state index contributed by atoms with van der Waals surface area (Å²) >= 11 is 3.37. The van der Waals surface area contributed by atoms with Gasteiger partial charge in [-0.25, -0.2) is 0 Å². The van der Waals surface area contributed by atoms with Gasteiger partial charge in [0.25, 0.3) is 0 Å². The number of benzene rings is 1. The highest BCUT2D eigenvalue weighted by atomic mass is 79.9. The van der Waals surface area contributed by atoms with Gasteiger partial charge in [0.15, 0.2) is 12.5 Å². The second-order valence-electron chi connectivity index (χ2n) is 4.42. The highest BCUT2D eigenvalue weighted by Gasteiger charge is 2.28. The maximum Gasteiger partial charge on any atom is 0.349 e. The highest BCUT2D eigenvalue weighted by Crippen LogP contribution is 2.40. The van der Waals surface area contributed by atoms with Crippen LogP contribution in [0.5, 0.6) is 0 Å². The number of methoxy groups -OCH3 is 2. The molecular formula is C12H16BrN2O5P. The van der Waals surface area contributed by atoms with E-state index >= 15 is 0 Å². The lowest BCUT2D eigenvalue weighted by Crippen LogP contribution is -2.45. The summed E-state index contributed by atoms with van der Waals surface area (Å²) < 4.78 is 22.3. The first kappa shape index (κ1) is 16.5. The van der Waals surface area contributed by atoms with Crippen LogP contribution in [0.4, 0.5) is 11.4 Å². The summed E-state index contributed by atoms with van der Waals surface area (Å²) in [7, 11) is -1.12. The monoisotopic (exact) mass is 378 g/mol. The zero-order valence-electron chi connectivity index (χ0n) is 11.4. The predicted molar refractivity (Wildman–Crippen MR) is 84.1 cm³/mol. The molecule has 2 rings (SSSR count). The molecule has 21 heavy (non-hydrogen) atoms. The van der Waals surface area contributed by atoms with Crippen LogP contribution in [0.15, 0.2) is 22.4 Å². The molecule has 1 heterocycles. The van der Waals surface area contributed by atoms with Gasteiger partial charge >= 0.3 is 7.60 Å². The number of rotatable bonds is 4. The summed E-state index contributed by atoms with van der Waals surface area (Å²) in [6, 6.07) is 3.59. The van der Waals surface area contributed by atoms with E-state index in [0.29, 0.717) is 11.3 Å². The third-order valence-corrected chi connectivity index (χ3v) is 3.94. The van der Waals surface area contributed by atoms with Gasteiger partial charge in [0.2, 0.25) is 0 Å². The van der Waals surface area contributed by atoms with Crippen molar-refractivity contribution in [1.29, 1.82) is 0 Å². The first-order valence-corrected chi connectivity index (χ1v) is 8.48. The molecule has 2 atom stereocenters. The minimum Gasteiger partial charge on any atom is -0.357 e. The molecule has 9 heteroatoms. The average molecular weight is 379 g/mol. The van der Waals surface area contributed by atoms with Crippen molar-refractivity contribution >= 4 is 41.0 Å². The van der Waals surface area contributed by atoms with E-state index in [1.54, 1.807) is 20.3 Å². The Morgan fingerprint density at radius 2 is 1.86 bits per heavy atom. The van der Waals surface area contributed by atoms with E-state index in [0.717, 1.165) is 16.0 Å².